The van der Waals surface area contributed by atoms with Gasteiger partial charge in [0.2, 0.25) is 0 Å². The Morgan fingerprint density at radius 3 is 2.80 bits per heavy atom. The van der Waals surface area contributed by atoms with Crippen LogP contribution in [0, 0.1) is 22.9 Å². The Morgan fingerprint density at radius 2 is 2.10 bits per heavy atom. The Labute approximate surface area is 123 Å². The Balaban J connectivity index is 2.19. The minimum Gasteiger partial charge on any atom is -0.380 e. The fourth-order valence-corrected chi connectivity index (χ4v) is 2.23. The Hall–Kier alpha value is -1.95. The molecule has 0 atom stereocenters. The van der Waals surface area contributed by atoms with E-state index in [1.54, 1.807) is 0 Å². The van der Waals surface area contributed by atoms with Crippen LogP contribution in [-0.2, 0) is 6.54 Å². The van der Waals surface area contributed by atoms with E-state index in [1.165, 1.54) is 12.1 Å². The van der Waals surface area contributed by atoms with Gasteiger partial charge in [-0.25, -0.2) is 4.39 Å². The van der Waals surface area contributed by atoms with Crippen LogP contribution in [0.4, 0.5) is 15.8 Å². The number of rotatable bonds is 4. The lowest BCUT2D eigenvalue weighted by Gasteiger charge is -2.10. The third kappa shape index (κ3) is 3.33. The molecule has 20 heavy (non-hydrogen) atoms. The maximum Gasteiger partial charge on any atom is 0.272 e. The van der Waals surface area contributed by atoms with Gasteiger partial charge in [0.25, 0.3) is 5.69 Å². The van der Waals surface area contributed by atoms with Gasteiger partial charge < -0.3 is 5.32 Å². The lowest BCUT2D eigenvalue weighted by atomic mass is 10.1. The largest absolute Gasteiger partial charge is 0.380 e. The molecule has 0 aliphatic carbocycles. The maximum absolute atomic E-state index is 13.3. The second-order valence-electron chi connectivity index (χ2n) is 4.36. The zero-order valence-corrected chi connectivity index (χ0v) is 12.3. The van der Waals surface area contributed by atoms with Crippen molar-refractivity contribution in [2.75, 3.05) is 5.32 Å². The van der Waals surface area contributed by atoms with Crippen LogP contribution < -0.4 is 5.32 Å². The molecule has 0 saturated carbocycles. The number of non-ortho nitro benzene ring substituents is 1. The third-order valence-corrected chi connectivity index (χ3v) is 3.88. The van der Waals surface area contributed by atoms with Crippen LogP contribution in [0.5, 0.6) is 0 Å². The first kappa shape index (κ1) is 14.5. The summed E-state index contributed by atoms with van der Waals surface area (Å²) in [5, 5.41) is 13.8. The van der Waals surface area contributed by atoms with Crippen LogP contribution in [0.2, 0.25) is 0 Å². The van der Waals surface area contributed by atoms with E-state index in [-0.39, 0.29) is 5.69 Å². The molecule has 2 aromatic carbocycles. The number of anilines is 1. The van der Waals surface area contributed by atoms with Crippen molar-refractivity contribution in [3.05, 3.63) is 67.9 Å². The normalized spacial score (nSPS) is 10.3. The summed E-state index contributed by atoms with van der Waals surface area (Å²) >= 11 is 3.46. The van der Waals surface area contributed by atoms with E-state index in [0.717, 1.165) is 21.8 Å². The summed E-state index contributed by atoms with van der Waals surface area (Å²) in [6.45, 7) is 2.27. The predicted molar refractivity (Wildman–Crippen MR) is 79.3 cm³/mol. The quantitative estimate of drug-likeness (QED) is 0.663. The highest BCUT2D eigenvalue weighted by Crippen LogP contribution is 2.26. The van der Waals surface area contributed by atoms with Gasteiger partial charge in [0, 0.05) is 22.8 Å². The molecule has 104 valence electrons. The fraction of sp³-hybridized carbons (Fsp3) is 0.143. The molecule has 6 heteroatoms. The molecule has 0 spiro atoms. The molecular weight excluding hydrogens is 327 g/mol. The number of nitrogens with one attached hydrogen (secondary N) is 1. The first-order valence-electron chi connectivity index (χ1n) is 5.90. The van der Waals surface area contributed by atoms with Gasteiger partial charge in [-0.05, 0) is 46.1 Å². The van der Waals surface area contributed by atoms with E-state index in [0.29, 0.717) is 12.1 Å². The van der Waals surface area contributed by atoms with E-state index in [4.69, 9.17) is 0 Å². The number of benzene rings is 2. The van der Waals surface area contributed by atoms with Gasteiger partial charge in [-0.15, -0.1) is 0 Å². The molecule has 2 aromatic rings. The summed E-state index contributed by atoms with van der Waals surface area (Å²) in [6, 6.07) is 9.29. The summed E-state index contributed by atoms with van der Waals surface area (Å²) in [5.74, 6) is -0.612. The van der Waals surface area contributed by atoms with Crippen LogP contribution in [-0.4, -0.2) is 4.92 Å². The average Bonchev–Trinajstić information content (AvgIpc) is 2.40. The van der Waals surface area contributed by atoms with Crippen molar-refractivity contribution in [3.63, 3.8) is 0 Å². The molecule has 0 aliphatic heterocycles. The molecule has 0 radical (unpaired) electrons. The summed E-state index contributed by atoms with van der Waals surface area (Å²) in [6.07, 6.45) is 0. The van der Waals surface area contributed by atoms with Gasteiger partial charge in [-0.1, -0.05) is 12.1 Å². The number of nitro groups is 1. The first-order chi connectivity index (χ1) is 9.47. The van der Waals surface area contributed by atoms with Gasteiger partial charge >= 0.3 is 0 Å². The van der Waals surface area contributed by atoms with Crippen LogP contribution in [0.15, 0.2) is 40.9 Å². The van der Waals surface area contributed by atoms with E-state index in [9.17, 15) is 14.5 Å². The van der Waals surface area contributed by atoms with Crippen molar-refractivity contribution >= 4 is 27.3 Å². The lowest BCUT2D eigenvalue weighted by Crippen LogP contribution is -2.02. The molecule has 0 heterocycles. The van der Waals surface area contributed by atoms with Gasteiger partial charge in [0.05, 0.1) is 11.0 Å². The predicted octanol–water partition coefficient (Wildman–Crippen LogP) is 4.42. The van der Waals surface area contributed by atoms with E-state index < -0.39 is 10.7 Å². The molecule has 0 aromatic heterocycles. The number of aryl methyl sites for hydroxylation is 1. The number of halogens is 2. The summed E-state index contributed by atoms with van der Waals surface area (Å²) in [4.78, 5) is 10.1. The number of hydrogen-bond acceptors (Lipinski definition) is 3. The number of hydrogen-bond donors (Lipinski definition) is 1. The zero-order chi connectivity index (χ0) is 14.7. The average molecular weight is 339 g/mol. The lowest BCUT2D eigenvalue weighted by molar-refractivity contribution is -0.385. The highest BCUT2D eigenvalue weighted by atomic mass is 79.9. The molecule has 1 N–H and O–H groups in total. The third-order valence-electron chi connectivity index (χ3n) is 2.83. The minimum atomic E-state index is -0.612. The molecule has 0 unspecified atom stereocenters. The van der Waals surface area contributed by atoms with E-state index in [1.807, 2.05) is 25.1 Å². The molecular formula is C14H12BrFN2O2. The zero-order valence-electron chi connectivity index (χ0n) is 10.7. The first-order valence-corrected chi connectivity index (χ1v) is 6.69. The second-order valence-corrected chi connectivity index (χ2v) is 5.16. The molecule has 0 bridgehead atoms. The van der Waals surface area contributed by atoms with Crippen LogP contribution in [0.1, 0.15) is 11.1 Å². The Morgan fingerprint density at radius 1 is 1.35 bits per heavy atom. The van der Waals surface area contributed by atoms with E-state index in [2.05, 4.69) is 21.2 Å². The van der Waals surface area contributed by atoms with Crippen LogP contribution in [0.3, 0.4) is 0 Å². The van der Waals surface area contributed by atoms with E-state index >= 15 is 0 Å². The van der Waals surface area contributed by atoms with Gasteiger partial charge in [-0.2, -0.15) is 0 Å². The van der Waals surface area contributed by atoms with Crippen molar-refractivity contribution in [2.24, 2.45) is 0 Å². The van der Waals surface area contributed by atoms with Crippen molar-refractivity contribution in [2.45, 2.75) is 13.5 Å². The molecule has 2 rings (SSSR count). The second kappa shape index (κ2) is 6.00. The van der Waals surface area contributed by atoms with Crippen molar-refractivity contribution in [3.8, 4) is 0 Å². The van der Waals surface area contributed by atoms with Crippen LogP contribution >= 0.6 is 15.9 Å². The SMILES string of the molecule is Cc1cccc(NCc2cc(F)cc([N+](=O)[O-])c2)c1Br. The van der Waals surface area contributed by atoms with Crippen molar-refractivity contribution in [1.29, 1.82) is 0 Å². The highest BCUT2D eigenvalue weighted by Gasteiger charge is 2.10. The fourth-order valence-electron chi connectivity index (χ4n) is 1.82. The Kier molecular flexibility index (Phi) is 4.34. The Bertz CT molecular complexity index is 662. The molecule has 4 nitrogen and oxygen atoms in total. The van der Waals surface area contributed by atoms with Gasteiger partial charge in [0.15, 0.2) is 0 Å². The van der Waals surface area contributed by atoms with Crippen LogP contribution in [0.25, 0.3) is 0 Å². The highest BCUT2D eigenvalue weighted by molar-refractivity contribution is 9.10. The number of nitro benzene ring substituents is 1. The molecule has 0 aliphatic rings. The van der Waals surface area contributed by atoms with Gasteiger partial charge in [-0.3, -0.25) is 10.1 Å². The monoisotopic (exact) mass is 338 g/mol. The molecule has 0 amide bonds. The molecule has 0 saturated heterocycles. The summed E-state index contributed by atoms with van der Waals surface area (Å²) < 4.78 is 14.2. The van der Waals surface area contributed by atoms with Gasteiger partial charge in [0.1, 0.15) is 5.82 Å². The maximum atomic E-state index is 13.3. The topological polar surface area (TPSA) is 55.2 Å². The smallest absolute Gasteiger partial charge is 0.272 e. The van der Waals surface area contributed by atoms with Crippen molar-refractivity contribution < 1.29 is 9.31 Å². The number of nitrogens with zero attached hydrogens (tertiary/aromatic N) is 1. The standard InChI is InChI=1S/C14H12BrFN2O2/c1-9-3-2-4-13(14(9)15)17-8-10-5-11(16)7-12(6-10)18(19)20/h2-7,17H,8H2,1H3. The minimum absolute atomic E-state index is 0.245. The van der Waals surface area contributed by atoms with Crippen molar-refractivity contribution in [1.82, 2.24) is 0 Å². The summed E-state index contributed by atoms with van der Waals surface area (Å²) in [5.41, 5.74) is 2.20. The summed E-state index contributed by atoms with van der Waals surface area (Å²) in [7, 11) is 0. The molecule has 0 fully saturated rings.